The van der Waals surface area contributed by atoms with Gasteiger partial charge in [-0.05, 0) is 44.9 Å². The smallest absolute Gasteiger partial charge is 0.323 e. The monoisotopic (exact) mass is 237 g/mol. The van der Waals surface area contributed by atoms with Gasteiger partial charge >= 0.3 is 5.97 Å². The van der Waals surface area contributed by atoms with Crippen molar-refractivity contribution in [1.82, 2.24) is 0 Å². The van der Waals surface area contributed by atoms with Crippen LogP contribution in [0.25, 0.3) is 0 Å². The number of ether oxygens (including phenoxy) is 1. The Labute approximate surface area is 101 Å². The average Bonchev–Trinajstić information content (AvgIpc) is 2.14. The molecule has 4 nitrogen and oxygen atoms in total. The molecule has 0 aliphatic heterocycles. The Morgan fingerprint density at radius 1 is 1.47 bits per heavy atom. The number of nitrogens with two attached hydrogens (primary N) is 1. The SMILES string of the molecule is CC(C)(C)OC(=O)C(N)Cc1cccc(O)c1. The van der Waals surface area contributed by atoms with Crippen molar-refractivity contribution < 1.29 is 14.6 Å². The normalized spacial score (nSPS) is 13.2. The van der Waals surface area contributed by atoms with Crippen molar-refractivity contribution in [3.8, 4) is 5.75 Å². The van der Waals surface area contributed by atoms with Crippen LogP contribution in [0.3, 0.4) is 0 Å². The lowest BCUT2D eigenvalue weighted by Gasteiger charge is -2.22. The second-order valence-electron chi connectivity index (χ2n) is 5.01. The molecule has 0 saturated carbocycles. The quantitative estimate of drug-likeness (QED) is 0.783. The first-order valence-electron chi connectivity index (χ1n) is 5.54. The molecule has 1 aromatic carbocycles. The molecule has 0 aliphatic carbocycles. The summed E-state index contributed by atoms with van der Waals surface area (Å²) in [6, 6.07) is 5.97. The van der Waals surface area contributed by atoms with Crippen molar-refractivity contribution in [2.24, 2.45) is 5.73 Å². The number of carbonyl (C=O) groups excluding carboxylic acids is 1. The fourth-order valence-electron chi connectivity index (χ4n) is 1.40. The van der Waals surface area contributed by atoms with Crippen LogP contribution in [-0.2, 0) is 16.0 Å². The van der Waals surface area contributed by atoms with E-state index < -0.39 is 17.6 Å². The van der Waals surface area contributed by atoms with E-state index in [1.807, 2.05) is 6.07 Å². The minimum atomic E-state index is -0.712. The van der Waals surface area contributed by atoms with Gasteiger partial charge in [-0.2, -0.15) is 0 Å². The predicted molar refractivity (Wildman–Crippen MR) is 65.6 cm³/mol. The summed E-state index contributed by atoms with van der Waals surface area (Å²) in [5.74, 6) is -0.264. The first-order chi connectivity index (χ1) is 7.78. The lowest BCUT2D eigenvalue weighted by molar-refractivity contribution is -0.156. The highest BCUT2D eigenvalue weighted by molar-refractivity contribution is 5.76. The molecule has 0 saturated heterocycles. The molecular weight excluding hydrogens is 218 g/mol. The maximum Gasteiger partial charge on any atom is 0.323 e. The standard InChI is InChI=1S/C13H19NO3/c1-13(2,3)17-12(16)11(14)8-9-5-4-6-10(15)7-9/h4-7,11,15H,8,14H2,1-3H3. The van der Waals surface area contributed by atoms with E-state index in [9.17, 15) is 9.90 Å². The molecule has 17 heavy (non-hydrogen) atoms. The van der Waals surface area contributed by atoms with Crippen LogP contribution >= 0.6 is 0 Å². The van der Waals surface area contributed by atoms with Gasteiger partial charge in [0.15, 0.2) is 0 Å². The van der Waals surface area contributed by atoms with Crippen molar-refractivity contribution in [3.05, 3.63) is 29.8 Å². The molecule has 94 valence electrons. The predicted octanol–water partition coefficient (Wildman–Crippen LogP) is 1.60. The van der Waals surface area contributed by atoms with Crippen LogP contribution in [0.1, 0.15) is 26.3 Å². The average molecular weight is 237 g/mol. The van der Waals surface area contributed by atoms with Gasteiger partial charge in [0.2, 0.25) is 0 Å². The fourth-order valence-corrected chi connectivity index (χ4v) is 1.40. The zero-order valence-electron chi connectivity index (χ0n) is 10.4. The summed E-state index contributed by atoms with van der Waals surface area (Å²) in [5.41, 5.74) is 6.02. The van der Waals surface area contributed by atoms with Crippen molar-refractivity contribution in [1.29, 1.82) is 0 Å². The topological polar surface area (TPSA) is 72.5 Å². The number of phenols is 1. The zero-order chi connectivity index (χ0) is 13.1. The van der Waals surface area contributed by atoms with Crippen LogP contribution in [0.15, 0.2) is 24.3 Å². The second-order valence-corrected chi connectivity index (χ2v) is 5.01. The molecule has 0 radical (unpaired) electrons. The van der Waals surface area contributed by atoms with Crippen molar-refractivity contribution in [3.63, 3.8) is 0 Å². The van der Waals surface area contributed by atoms with E-state index in [-0.39, 0.29) is 5.75 Å². The maximum atomic E-state index is 11.6. The molecule has 3 N–H and O–H groups in total. The third-order valence-electron chi connectivity index (χ3n) is 2.08. The largest absolute Gasteiger partial charge is 0.508 e. The molecule has 0 aliphatic rings. The molecule has 0 fully saturated rings. The number of rotatable bonds is 3. The Morgan fingerprint density at radius 3 is 2.65 bits per heavy atom. The number of hydrogen-bond acceptors (Lipinski definition) is 4. The molecule has 4 heteroatoms. The van der Waals surface area contributed by atoms with Gasteiger partial charge in [-0.25, -0.2) is 0 Å². The first-order valence-corrected chi connectivity index (χ1v) is 5.54. The maximum absolute atomic E-state index is 11.6. The Bertz CT molecular complexity index is 396. The summed E-state index contributed by atoms with van der Waals surface area (Å²) >= 11 is 0. The summed E-state index contributed by atoms with van der Waals surface area (Å²) in [4.78, 5) is 11.6. The number of esters is 1. The van der Waals surface area contributed by atoms with E-state index in [1.54, 1.807) is 39.0 Å². The van der Waals surface area contributed by atoms with E-state index in [0.29, 0.717) is 6.42 Å². The van der Waals surface area contributed by atoms with Gasteiger partial charge in [-0.1, -0.05) is 12.1 Å². The second kappa shape index (κ2) is 5.19. The molecule has 0 amide bonds. The van der Waals surface area contributed by atoms with E-state index in [0.717, 1.165) is 5.56 Å². The highest BCUT2D eigenvalue weighted by Crippen LogP contribution is 2.14. The molecular formula is C13H19NO3. The van der Waals surface area contributed by atoms with Gasteiger partial charge in [-0.3, -0.25) is 4.79 Å². The fraction of sp³-hybridized carbons (Fsp3) is 0.462. The number of aromatic hydroxyl groups is 1. The molecule has 1 atom stereocenters. The zero-order valence-corrected chi connectivity index (χ0v) is 10.4. The number of phenolic OH excluding ortho intramolecular Hbond substituents is 1. The minimum Gasteiger partial charge on any atom is -0.508 e. The number of benzene rings is 1. The van der Waals surface area contributed by atoms with Gasteiger partial charge in [0.05, 0.1) is 0 Å². The van der Waals surface area contributed by atoms with E-state index in [4.69, 9.17) is 10.5 Å². The summed E-state index contributed by atoms with van der Waals surface area (Å²) in [7, 11) is 0. The van der Waals surface area contributed by atoms with Crippen LogP contribution in [0.5, 0.6) is 5.75 Å². The number of carbonyl (C=O) groups is 1. The third kappa shape index (κ3) is 4.87. The summed E-state index contributed by atoms with van der Waals surface area (Å²) in [6.07, 6.45) is 0.351. The summed E-state index contributed by atoms with van der Waals surface area (Å²) in [6.45, 7) is 5.39. The molecule has 1 aromatic rings. The molecule has 0 bridgehead atoms. The van der Waals surface area contributed by atoms with Crippen LogP contribution in [0.4, 0.5) is 0 Å². The highest BCUT2D eigenvalue weighted by Gasteiger charge is 2.22. The van der Waals surface area contributed by atoms with Crippen LogP contribution in [-0.4, -0.2) is 22.7 Å². The number of hydrogen-bond donors (Lipinski definition) is 2. The van der Waals surface area contributed by atoms with Crippen molar-refractivity contribution in [2.75, 3.05) is 0 Å². The molecule has 1 unspecified atom stereocenters. The Balaban J connectivity index is 2.60. The van der Waals surface area contributed by atoms with E-state index >= 15 is 0 Å². The first kappa shape index (κ1) is 13.5. The Hall–Kier alpha value is -1.55. The van der Waals surface area contributed by atoms with Gasteiger partial charge in [-0.15, -0.1) is 0 Å². The minimum absolute atomic E-state index is 0.166. The van der Waals surface area contributed by atoms with E-state index in [2.05, 4.69) is 0 Å². The molecule has 0 heterocycles. The van der Waals surface area contributed by atoms with Crippen LogP contribution in [0.2, 0.25) is 0 Å². The third-order valence-corrected chi connectivity index (χ3v) is 2.08. The van der Waals surface area contributed by atoms with Gasteiger partial charge in [0.25, 0.3) is 0 Å². The lowest BCUT2D eigenvalue weighted by Crippen LogP contribution is -2.38. The van der Waals surface area contributed by atoms with Crippen LogP contribution in [0, 0.1) is 0 Å². The summed E-state index contributed by atoms with van der Waals surface area (Å²) < 4.78 is 5.18. The lowest BCUT2D eigenvalue weighted by atomic mass is 10.1. The van der Waals surface area contributed by atoms with Gasteiger partial charge < -0.3 is 15.6 Å². The molecule has 1 rings (SSSR count). The highest BCUT2D eigenvalue weighted by atomic mass is 16.6. The Morgan fingerprint density at radius 2 is 2.12 bits per heavy atom. The van der Waals surface area contributed by atoms with E-state index in [1.165, 1.54) is 0 Å². The Kier molecular flexibility index (Phi) is 4.12. The van der Waals surface area contributed by atoms with Crippen molar-refractivity contribution in [2.45, 2.75) is 38.8 Å². The molecule has 0 aromatic heterocycles. The van der Waals surface area contributed by atoms with Crippen molar-refractivity contribution >= 4 is 5.97 Å². The van der Waals surface area contributed by atoms with Gasteiger partial charge in [0, 0.05) is 0 Å². The molecule has 0 spiro atoms. The van der Waals surface area contributed by atoms with Crippen LogP contribution < -0.4 is 5.73 Å². The van der Waals surface area contributed by atoms with Gasteiger partial charge in [0.1, 0.15) is 17.4 Å². The summed E-state index contributed by atoms with van der Waals surface area (Å²) in [5, 5.41) is 9.29.